The second-order valence-corrected chi connectivity index (χ2v) is 7.37. The van der Waals surface area contributed by atoms with Crippen molar-refractivity contribution in [3.63, 3.8) is 0 Å². The molecule has 2 rings (SSSR count). The third-order valence-corrected chi connectivity index (χ3v) is 6.13. The van der Waals surface area contributed by atoms with Gasteiger partial charge in [0.25, 0.3) is 0 Å². The van der Waals surface area contributed by atoms with E-state index in [4.69, 9.17) is 0 Å². The molecule has 3 heteroatoms. The molecule has 2 nitrogen and oxygen atoms in total. The minimum atomic E-state index is 0.714. The van der Waals surface area contributed by atoms with Crippen LogP contribution in [0.4, 0.5) is 0 Å². The predicted molar refractivity (Wildman–Crippen MR) is 82.4 cm³/mol. The molecule has 2 aliphatic heterocycles. The molecule has 2 heterocycles. The average Bonchev–Trinajstić information content (AvgIpc) is 2.46. The van der Waals surface area contributed by atoms with Crippen LogP contribution in [0.3, 0.4) is 0 Å². The van der Waals surface area contributed by atoms with Crippen molar-refractivity contribution in [1.29, 1.82) is 0 Å². The van der Waals surface area contributed by atoms with Crippen molar-refractivity contribution in [2.45, 2.75) is 57.2 Å². The molecule has 0 spiro atoms. The highest BCUT2D eigenvalue weighted by Crippen LogP contribution is 2.25. The molecule has 18 heavy (non-hydrogen) atoms. The second kappa shape index (κ2) is 7.76. The van der Waals surface area contributed by atoms with Crippen LogP contribution >= 0.6 is 11.8 Å². The molecule has 0 aromatic rings. The maximum atomic E-state index is 3.82. The van der Waals surface area contributed by atoms with Crippen LogP contribution in [-0.4, -0.2) is 48.1 Å². The van der Waals surface area contributed by atoms with Crippen molar-refractivity contribution in [2.75, 3.05) is 31.9 Å². The van der Waals surface area contributed by atoms with Gasteiger partial charge in [-0.3, -0.25) is 0 Å². The molecule has 0 aromatic carbocycles. The summed E-state index contributed by atoms with van der Waals surface area (Å²) < 4.78 is 0. The van der Waals surface area contributed by atoms with Gasteiger partial charge >= 0.3 is 0 Å². The fourth-order valence-corrected chi connectivity index (χ4v) is 4.47. The molecule has 1 N–H and O–H groups in total. The average molecular weight is 270 g/mol. The highest BCUT2D eigenvalue weighted by Gasteiger charge is 2.23. The molecule has 2 saturated heterocycles. The van der Waals surface area contributed by atoms with E-state index >= 15 is 0 Å². The van der Waals surface area contributed by atoms with Gasteiger partial charge in [-0.15, -0.1) is 0 Å². The molecule has 106 valence electrons. The lowest BCUT2D eigenvalue weighted by atomic mass is 9.90. The maximum absolute atomic E-state index is 3.82. The summed E-state index contributed by atoms with van der Waals surface area (Å²) in [5.41, 5.74) is 0. The fourth-order valence-electron chi connectivity index (χ4n) is 3.22. The van der Waals surface area contributed by atoms with Crippen LogP contribution in [0.25, 0.3) is 0 Å². The minimum Gasteiger partial charge on any atom is -0.313 e. The molecule has 0 radical (unpaired) electrons. The molecule has 0 aliphatic carbocycles. The topological polar surface area (TPSA) is 15.3 Å². The molecule has 2 fully saturated rings. The summed E-state index contributed by atoms with van der Waals surface area (Å²) >= 11 is 2.19. The number of nitrogens with zero attached hydrogens (tertiary/aromatic N) is 1. The predicted octanol–water partition coefficient (Wildman–Crippen LogP) is 2.98. The van der Waals surface area contributed by atoms with Crippen molar-refractivity contribution in [2.24, 2.45) is 5.92 Å². The van der Waals surface area contributed by atoms with Gasteiger partial charge in [0.1, 0.15) is 0 Å². The van der Waals surface area contributed by atoms with E-state index in [9.17, 15) is 0 Å². The molecule has 0 amide bonds. The Kier molecular flexibility index (Phi) is 6.33. The van der Waals surface area contributed by atoms with E-state index in [-0.39, 0.29) is 0 Å². The Labute approximate surface area is 117 Å². The first-order valence-electron chi connectivity index (χ1n) is 7.87. The zero-order valence-electron chi connectivity index (χ0n) is 12.2. The van der Waals surface area contributed by atoms with Gasteiger partial charge in [-0.05, 0) is 63.9 Å². The lowest BCUT2D eigenvalue weighted by Gasteiger charge is -2.35. The largest absolute Gasteiger partial charge is 0.313 e. The van der Waals surface area contributed by atoms with Crippen molar-refractivity contribution in [3.8, 4) is 0 Å². The van der Waals surface area contributed by atoms with E-state index in [0.29, 0.717) is 6.04 Å². The lowest BCUT2D eigenvalue weighted by molar-refractivity contribution is 0.169. The van der Waals surface area contributed by atoms with E-state index in [1.54, 1.807) is 0 Å². The van der Waals surface area contributed by atoms with E-state index < -0.39 is 0 Å². The third kappa shape index (κ3) is 4.43. The van der Waals surface area contributed by atoms with Crippen LogP contribution in [0, 0.1) is 5.92 Å². The Morgan fingerprint density at radius 1 is 1.22 bits per heavy atom. The molecule has 0 aromatic heterocycles. The smallest absolute Gasteiger partial charge is 0.0172 e. The van der Waals surface area contributed by atoms with Crippen LogP contribution in [0.1, 0.15) is 46.0 Å². The molecule has 0 bridgehead atoms. The van der Waals surface area contributed by atoms with E-state index in [1.807, 2.05) is 0 Å². The number of piperidine rings is 1. The van der Waals surface area contributed by atoms with Crippen LogP contribution in [0.5, 0.6) is 0 Å². The van der Waals surface area contributed by atoms with Gasteiger partial charge < -0.3 is 10.2 Å². The van der Waals surface area contributed by atoms with Gasteiger partial charge in [-0.2, -0.15) is 11.8 Å². The maximum Gasteiger partial charge on any atom is 0.0172 e. The Bertz CT molecular complexity index is 221. The first-order chi connectivity index (χ1) is 8.79. The monoisotopic (exact) mass is 270 g/mol. The van der Waals surface area contributed by atoms with E-state index in [1.165, 1.54) is 64.0 Å². The summed E-state index contributed by atoms with van der Waals surface area (Å²) in [7, 11) is 0. The summed E-state index contributed by atoms with van der Waals surface area (Å²) in [6.45, 7) is 9.77. The Hall–Kier alpha value is 0.270. The van der Waals surface area contributed by atoms with Gasteiger partial charge in [-0.25, -0.2) is 0 Å². The number of likely N-dealkylation sites (tertiary alicyclic amines) is 1. The Morgan fingerprint density at radius 2 is 2.00 bits per heavy atom. The lowest BCUT2D eigenvalue weighted by Crippen LogP contribution is -2.43. The number of nitrogens with one attached hydrogen (secondary N) is 1. The van der Waals surface area contributed by atoms with Crippen LogP contribution in [0.2, 0.25) is 0 Å². The van der Waals surface area contributed by atoms with E-state index in [2.05, 4.69) is 35.8 Å². The van der Waals surface area contributed by atoms with Crippen LogP contribution in [0.15, 0.2) is 0 Å². The SMILES string of the molecule is CCN1CCC(C(C)NCC2CCCCS2)CC1. The third-order valence-electron chi connectivity index (χ3n) is 4.73. The molecular weight excluding hydrogens is 240 g/mol. The Balaban J connectivity index is 1.63. The quantitative estimate of drug-likeness (QED) is 0.827. The highest BCUT2D eigenvalue weighted by molar-refractivity contribution is 7.99. The van der Waals surface area contributed by atoms with Gasteiger partial charge in [0.05, 0.1) is 0 Å². The summed E-state index contributed by atoms with van der Waals surface area (Å²) in [5, 5.41) is 4.70. The van der Waals surface area contributed by atoms with Gasteiger partial charge in [0.2, 0.25) is 0 Å². The first kappa shape index (κ1) is 14.7. The van der Waals surface area contributed by atoms with Crippen LogP contribution in [-0.2, 0) is 0 Å². The summed E-state index contributed by atoms with van der Waals surface area (Å²) in [5.74, 6) is 2.29. The van der Waals surface area contributed by atoms with Crippen molar-refractivity contribution in [3.05, 3.63) is 0 Å². The normalized spacial score (nSPS) is 29.3. The number of hydrogen-bond donors (Lipinski definition) is 1. The van der Waals surface area contributed by atoms with Crippen LogP contribution < -0.4 is 5.32 Å². The number of thioether (sulfide) groups is 1. The van der Waals surface area contributed by atoms with Gasteiger partial charge in [0, 0.05) is 17.8 Å². The zero-order chi connectivity index (χ0) is 12.8. The number of rotatable bonds is 5. The summed E-state index contributed by atoms with van der Waals surface area (Å²) in [4.78, 5) is 2.58. The molecule has 0 saturated carbocycles. The highest BCUT2D eigenvalue weighted by atomic mass is 32.2. The first-order valence-corrected chi connectivity index (χ1v) is 8.91. The Morgan fingerprint density at radius 3 is 2.61 bits per heavy atom. The molecular formula is C15H30N2S. The molecule has 2 atom stereocenters. The van der Waals surface area contributed by atoms with Crippen molar-refractivity contribution in [1.82, 2.24) is 10.2 Å². The molecule has 2 unspecified atom stereocenters. The zero-order valence-corrected chi connectivity index (χ0v) is 13.0. The summed E-state index contributed by atoms with van der Waals surface area (Å²) in [6, 6.07) is 0.714. The second-order valence-electron chi connectivity index (χ2n) is 5.96. The number of hydrogen-bond acceptors (Lipinski definition) is 3. The fraction of sp³-hybridized carbons (Fsp3) is 1.00. The standard InChI is InChI=1S/C15H30N2S/c1-3-17-9-7-14(8-10-17)13(2)16-12-15-6-4-5-11-18-15/h13-16H,3-12H2,1-2H3. The van der Waals surface area contributed by atoms with Crippen molar-refractivity contribution < 1.29 is 0 Å². The van der Waals surface area contributed by atoms with Crippen molar-refractivity contribution >= 4 is 11.8 Å². The molecule has 2 aliphatic rings. The summed E-state index contributed by atoms with van der Waals surface area (Å²) in [6.07, 6.45) is 7.09. The van der Waals surface area contributed by atoms with Gasteiger partial charge in [-0.1, -0.05) is 13.3 Å². The minimum absolute atomic E-state index is 0.714. The van der Waals surface area contributed by atoms with Gasteiger partial charge in [0.15, 0.2) is 0 Å². The van der Waals surface area contributed by atoms with E-state index in [0.717, 1.165) is 11.2 Å².